The summed E-state index contributed by atoms with van der Waals surface area (Å²) in [6, 6.07) is 0.156. The van der Waals surface area contributed by atoms with Crippen molar-refractivity contribution >= 4 is 17.7 Å². The van der Waals surface area contributed by atoms with E-state index in [0.717, 1.165) is 36.0 Å². The van der Waals surface area contributed by atoms with Crippen LogP contribution in [-0.2, 0) is 15.3 Å². The molecule has 2 rings (SSSR count). The fourth-order valence-corrected chi connectivity index (χ4v) is 2.89. The second-order valence-electron chi connectivity index (χ2n) is 4.81. The maximum Gasteiger partial charge on any atom is 0.221 e. The van der Waals surface area contributed by atoms with Gasteiger partial charge in [-0.1, -0.05) is 0 Å². The zero-order valence-electron chi connectivity index (χ0n) is 11.8. The molecular formula is C13H22N4O2S. The number of aryl methyl sites for hydroxylation is 1. The van der Waals surface area contributed by atoms with Crippen LogP contribution in [0.1, 0.15) is 17.8 Å². The van der Waals surface area contributed by atoms with E-state index in [-0.39, 0.29) is 11.9 Å². The summed E-state index contributed by atoms with van der Waals surface area (Å²) in [5.41, 5.74) is 2.20. The van der Waals surface area contributed by atoms with E-state index in [4.69, 9.17) is 4.74 Å². The summed E-state index contributed by atoms with van der Waals surface area (Å²) in [4.78, 5) is 19.0. The van der Waals surface area contributed by atoms with E-state index in [1.165, 1.54) is 0 Å². The van der Waals surface area contributed by atoms with Crippen molar-refractivity contribution < 1.29 is 9.53 Å². The number of ether oxygens (including phenoxy) is 1. The van der Waals surface area contributed by atoms with Crippen molar-refractivity contribution in [3.63, 3.8) is 0 Å². The molecule has 0 bridgehead atoms. The number of rotatable bonds is 7. The summed E-state index contributed by atoms with van der Waals surface area (Å²) in [6.07, 6.45) is 2.20. The Morgan fingerprint density at radius 3 is 3.25 bits per heavy atom. The van der Waals surface area contributed by atoms with E-state index in [0.29, 0.717) is 19.6 Å². The Bertz CT molecular complexity index is 418. The highest BCUT2D eigenvalue weighted by Crippen LogP contribution is 2.11. The Balaban J connectivity index is 1.52. The maximum absolute atomic E-state index is 11.7. The molecule has 1 atom stereocenters. The number of nitrogens with zero attached hydrogens (tertiary/aromatic N) is 1. The SMILES string of the molecule is Cc1[nH]cnc1CSCCNC(=O)C[C@@H]1COCCN1. The predicted octanol–water partition coefficient (Wildman–Crippen LogP) is 0.446. The van der Waals surface area contributed by atoms with Gasteiger partial charge in [0.1, 0.15) is 0 Å². The van der Waals surface area contributed by atoms with Gasteiger partial charge in [0.05, 0.1) is 25.2 Å². The van der Waals surface area contributed by atoms with E-state index in [1.54, 1.807) is 18.1 Å². The van der Waals surface area contributed by atoms with Gasteiger partial charge < -0.3 is 20.4 Å². The highest BCUT2D eigenvalue weighted by molar-refractivity contribution is 7.98. The molecule has 3 N–H and O–H groups in total. The number of amides is 1. The van der Waals surface area contributed by atoms with Gasteiger partial charge in [-0.15, -0.1) is 0 Å². The lowest BCUT2D eigenvalue weighted by Crippen LogP contribution is -2.44. The topological polar surface area (TPSA) is 79.0 Å². The lowest BCUT2D eigenvalue weighted by atomic mass is 10.2. The average Bonchev–Trinajstić information content (AvgIpc) is 2.85. The second-order valence-corrected chi connectivity index (χ2v) is 5.91. The summed E-state index contributed by atoms with van der Waals surface area (Å²) in [6.45, 7) is 4.91. The van der Waals surface area contributed by atoms with Crippen LogP contribution in [0.15, 0.2) is 6.33 Å². The zero-order valence-corrected chi connectivity index (χ0v) is 12.6. The monoisotopic (exact) mass is 298 g/mol. The molecule has 0 aliphatic carbocycles. The highest BCUT2D eigenvalue weighted by Gasteiger charge is 2.16. The minimum atomic E-state index is 0.0875. The van der Waals surface area contributed by atoms with Crippen LogP contribution in [0, 0.1) is 6.92 Å². The quantitative estimate of drug-likeness (QED) is 0.637. The van der Waals surface area contributed by atoms with Crippen molar-refractivity contribution in [3.8, 4) is 0 Å². The maximum atomic E-state index is 11.7. The number of H-pyrrole nitrogens is 1. The highest BCUT2D eigenvalue weighted by atomic mass is 32.2. The van der Waals surface area contributed by atoms with Gasteiger partial charge in [0.2, 0.25) is 5.91 Å². The van der Waals surface area contributed by atoms with Crippen LogP contribution in [0.2, 0.25) is 0 Å². The van der Waals surface area contributed by atoms with Gasteiger partial charge in [-0.25, -0.2) is 4.98 Å². The Labute approximate surface area is 123 Å². The van der Waals surface area contributed by atoms with E-state index in [1.807, 2.05) is 6.92 Å². The molecule has 20 heavy (non-hydrogen) atoms. The van der Waals surface area contributed by atoms with Crippen molar-refractivity contribution in [1.29, 1.82) is 0 Å². The van der Waals surface area contributed by atoms with Gasteiger partial charge in [0.15, 0.2) is 0 Å². The van der Waals surface area contributed by atoms with Crippen LogP contribution in [0.5, 0.6) is 0 Å². The summed E-state index contributed by atoms with van der Waals surface area (Å²) in [5.74, 6) is 1.86. The number of hydrogen-bond donors (Lipinski definition) is 3. The number of imidazole rings is 1. The summed E-state index contributed by atoms with van der Waals surface area (Å²) in [5, 5.41) is 6.21. The molecule has 6 nitrogen and oxygen atoms in total. The number of carbonyl (C=O) groups excluding carboxylic acids is 1. The number of carbonyl (C=O) groups is 1. The normalized spacial score (nSPS) is 18.9. The van der Waals surface area contributed by atoms with Crippen molar-refractivity contribution in [3.05, 3.63) is 17.7 Å². The van der Waals surface area contributed by atoms with Gasteiger partial charge in [-0.05, 0) is 6.92 Å². The largest absolute Gasteiger partial charge is 0.378 e. The second kappa shape index (κ2) is 8.28. The smallest absolute Gasteiger partial charge is 0.221 e. The van der Waals surface area contributed by atoms with Gasteiger partial charge in [-0.2, -0.15) is 11.8 Å². The molecule has 112 valence electrons. The summed E-state index contributed by atoms with van der Waals surface area (Å²) >= 11 is 1.78. The molecule has 2 heterocycles. The first-order valence-electron chi connectivity index (χ1n) is 6.90. The van der Waals surface area contributed by atoms with Gasteiger partial charge in [0.25, 0.3) is 0 Å². The number of hydrogen-bond acceptors (Lipinski definition) is 5. The molecule has 0 unspecified atom stereocenters. The summed E-state index contributed by atoms with van der Waals surface area (Å²) in [7, 11) is 0. The molecule has 1 aromatic heterocycles. The standard InChI is InChI=1S/C13H22N4O2S/c1-10-12(17-9-16-10)8-20-5-3-15-13(18)6-11-7-19-4-2-14-11/h9,11,14H,2-8H2,1H3,(H,15,18)(H,16,17)/t11-/m1/s1. The predicted molar refractivity (Wildman–Crippen MR) is 79.7 cm³/mol. The third-order valence-corrected chi connectivity index (χ3v) is 4.14. The molecule has 0 spiro atoms. The van der Waals surface area contributed by atoms with Crippen molar-refractivity contribution in [1.82, 2.24) is 20.6 Å². The van der Waals surface area contributed by atoms with Crippen molar-refractivity contribution in [2.24, 2.45) is 0 Å². The molecule has 7 heteroatoms. The Morgan fingerprint density at radius 2 is 2.55 bits per heavy atom. The third kappa shape index (κ3) is 5.15. The van der Waals surface area contributed by atoms with Gasteiger partial charge in [0, 0.05) is 42.8 Å². The molecule has 1 saturated heterocycles. The van der Waals surface area contributed by atoms with Gasteiger partial charge in [-0.3, -0.25) is 4.79 Å². The number of aromatic nitrogens is 2. The average molecular weight is 298 g/mol. The van der Waals surface area contributed by atoms with Crippen LogP contribution in [-0.4, -0.2) is 54.0 Å². The van der Waals surface area contributed by atoms with E-state index < -0.39 is 0 Å². The summed E-state index contributed by atoms with van der Waals surface area (Å²) < 4.78 is 5.32. The number of aromatic amines is 1. The number of nitrogens with one attached hydrogen (secondary N) is 3. The van der Waals surface area contributed by atoms with Crippen LogP contribution < -0.4 is 10.6 Å². The van der Waals surface area contributed by atoms with Crippen LogP contribution in [0.3, 0.4) is 0 Å². The van der Waals surface area contributed by atoms with E-state index in [9.17, 15) is 4.79 Å². The fraction of sp³-hybridized carbons (Fsp3) is 0.692. The number of thioether (sulfide) groups is 1. The van der Waals surface area contributed by atoms with E-state index >= 15 is 0 Å². The minimum Gasteiger partial charge on any atom is -0.378 e. The van der Waals surface area contributed by atoms with E-state index in [2.05, 4.69) is 20.6 Å². The first-order chi connectivity index (χ1) is 9.75. The minimum absolute atomic E-state index is 0.0875. The molecule has 1 amide bonds. The Hall–Kier alpha value is -1.05. The third-order valence-electron chi connectivity index (χ3n) is 3.17. The molecule has 1 aromatic rings. The van der Waals surface area contributed by atoms with Crippen molar-refractivity contribution in [2.45, 2.75) is 25.1 Å². The lowest BCUT2D eigenvalue weighted by Gasteiger charge is -2.23. The fourth-order valence-electron chi connectivity index (χ4n) is 2.01. The Morgan fingerprint density at radius 1 is 1.65 bits per heavy atom. The van der Waals surface area contributed by atoms with Gasteiger partial charge >= 0.3 is 0 Å². The molecule has 1 aliphatic heterocycles. The molecule has 0 aromatic carbocycles. The molecular weight excluding hydrogens is 276 g/mol. The van der Waals surface area contributed by atoms with Crippen molar-refractivity contribution in [2.75, 3.05) is 32.1 Å². The first kappa shape index (κ1) is 15.3. The molecule has 1 fully saturated rings. The molecule has 0 saturated carbocycles. The zero-order chi connectivity index (χ0) is 14.2. The molecule has 1 aliphatic rings. The van der Waals surface area contributed by atoms with Crippen LogP contribution in [0.4, 0.5) is 0 Å². The number of morpholine rings is 1. The van der Waals surface area contributed by atoms with Crippen LogP contribution in [0.25, 0.3) is 0 Å². The van der Waals surface area contributed by atoms with Crippen LogP contribution >= 0.6 is 11.8 Å². The molecule has 0 radical (unpaired) electrons. The Kier molecular flexibility index (Phi) is 6.35. The first-order valence-corrected chi connectivity index (χ1v) is 8.05. The lowest BCUT2D eigenvalue weighted by molar-refractivity contribution is -0.122.